The fraction of sp³-hybridized carbons (Fsp3) is 0.432. The van der Waals surface area contributed by atoms with Gasteiger partial charge in [-0.3, -0.25) is 9.59 Å². The molecule has 2 atom stereocenters. The summed E-state index contributed by atoms with van der Waals surface area (Å²) in [6, 6.07) is 21.6. The molecule has 2 amide bonds. The molecule has 0 radical (unpaired) electrons. The van der Waals surface area contributed by atoms with E-state index in [1.54, 1.807) is 12.4 Å². The van der Waals surface area contributed by atoms with E-state index in [1.807, 2.05) is 49.4 Å². The van der Waals surface area contributed by atoms with Crippen LogP contribution in [0.25, 0.3) is 10.8 Å². The first-order valence-electron chi connectivity index (χ1n) is 16.5. The van der Waals surface area contributed by atoms with Crippen LogP contribution >= 0.6 is 0 Å². The number of hydrogen-bond donors (Lipinski definition) is 4. The highest BCUT2D eigenvalue weighted by Gasteiger charge is 2.24. The third-order valence-corrected chi connectivity index (χ3v) is 8.57. The van der Waals surface area contributed by atoms with E-state index in [9.17, 15) is 9.59 Å². The lowest BCUT2D eigenvalue weighted by atomic mass is 9.99. The Labute approximate surface area is 268 Å². The summed E-state index contributed by atoms with van der Waals surface area (Å²) in [5, 5.41) is 11.9. The standard InChI is InChI=1S/C37H50N6O2/c1-5-23-43(31(6-2)7-3)24-11-16-34(37(45)41-27(4)32-15-10-13-29-12-8-9-14-33(29)32)42-36(44)30-19-17-28(18-20-30)25-38-26-35-39-21-22-40-35/h8-10,12-15,17-22,27,31,34,38H,5-7,11,16,23-26H2,1-4H3,(H,39,40)(H,41,45)(H,42,44)/t27?,34-/m0/s1. The maximum atomic E-state index is 13.8. The number of carbonyl (C=O) groups is 2. The van der Waals surface area contributed by atoms with Crippen LogP contribution in [-0.4, -0.2) is 51.9 Å². The number of nitrogens with zero attached hydrogens (tertiary/aromatic N) is 2. The minimum absolute atomic E-state index is 0.160. The van der Waals surface area contributed by atoms with Crippen LogP contribution in [-0.2, 0) is 17.9 Å². The van der Waals surface area contributed by atoms with Crippen LogP contribution in [0.4, 0.5) is 0 Å². The topological polar surface area (TPSA) is 102 Å². The molecule has 8 nitrogen and oxygen atoms in total. The van der Waals surface area contributed by atoms with E-state index in [0.717, 1.165) is 66.5 Å². The summed E-state index contributed by atoms with van der Waals surface area (Å²) in [6.07, 6.45) is 8.22. The number of carbonyl (C=O) groups excluding carboxylic acids is 2. The first kappa shape index (κ1) is 33.9. The molecule has 0 bridgehead atoms. The molecule has 4 rings (SSSR count). The highest BCUT2D eigenvalue weighted by atomic mass is 16.2. The van der Waals surface area contributed by atoms with Gasteiger partial charge >= 0.3 is 0 Å². The second kappa shape index (κ2) is 17.5. The number of imidazole rings is 1. The Kier molecular flexibility index (Phi) is 13.2. The molecule has 4 N–H and O–H groups in total. The smallest absolute Gasteiger partial charge is 0.251 e. The van der Waals surface area contributed by atoms with Crippen LogP contribution in [0.15, 0.2) is 79.1 Å². The average molecular weight is 611 g/mol. The zero-order valence-corrected chi connectivity index (χ0v) is 27.3. The van der Waals surface area contributed by atoms with Crippen molar-refractivity contribution in [3.63, 3.8) is 0 Å². The second-order valence-corrected chi connectivity index (χ2v) is 11.8. The van der Waals surface area contributed by atoms with E-state index in [4.69, 9.17) is 0 Å². The molecule has 0 saturated heterocycles. The summed E-state index contributed by atoms with van der Waals surface area (Å²) in [5.74, 6) is 0.475. The fourth-order valence-corrected chi connectivity index (χ4v) is 6.09. The van der Waals surface area contributed by atoms with E-state index in [2.05, 4.69) is 75.9 Å². The Morgan fingerprint density at radius 3 is 2.36 bits per heavy atom. The molecule has 3 aromatic carbocycles. The predicted octanol–water partition coefficient (Wildman–Crippen LogP) is 6.51. The molecule has 0 saturated carbocycles. The number of amides is 2. The van der Waals surface area contributed by atoms with Gasteiger partial charge in [-0.05, 0) is 86.1 Å². The number of rotatable bonds is 18. The van der Waals surface area contributed by atoms with Gasteiger partial charge in [0.1, 0.15) is 11.9 Å². The summed E-state index contributed by atoms with van der Waals surface area (Å²) < 4.78 is 0. The molecule has 0 fully saturated rings. The summed E-state index contributed by atoms with van der Waals surface area (Å²) in [5.41, 5.74) is 2.66. The van der Waals surface area contributed by atoms with Crippen LogP contribution < -0.4 is 16.0 Å². The van der Waals surface area contributed by atoms with Gasteiger partial charge in [0.05, 0.1) is 12.6 Å². The molecule has 45 heavy (non-hydrogen) atoms. The molecule has 0 spiro atoms. The average Bonchev–Trinajstić information content (AvgIpc) is 3.58. The van der Waals surface area contributed by atoms with E-state index < -0.39 is 6.04 Å². The molecule has 4 aromatic rings. The highest BCUT2D eigenvalue weighted by Crippen LogP contribution is 2.24. The SMILES string of the molecule is CCCN(CCC[C@H](NC(=O)c1ccc(CNCc2ncc[nH]2)cc1)C(=O)NC(C)c1cccc2ccccc12)C(CC)CC. The van der Waals surface area contributed by atoms with E-state index in [-0.39, 0.29) is 17.9 Å². The molecule has 0 aliphatic rings. The normalized spacial score (nSPS) is 12.8. The van der Waals surface area contributed by atoms with E-state index in [1.165, 1.54) is 0 Å². The number of H-pyrrole nitrogens is 1. The van der Waals surface area contributed by atoms with Gasteiger partial charge in [-0.15, -0.1) is 0 Å². The monoisotopic (exact) mass is 610 g/mol. The molecule has 240 valence electrons. The number of aromatic amines is 1. The Balaban J connectivity index is 1.43. The van der Waals surface area contributed by atoms with Crippen molar-refractivity contribution in [3.05, 3.63) is 102 Å². The summed E-state index contributed by atoms with van der Waals surface area (Å²) in [4.78, 5) is 37.1. The largest absolute Gasteiger partial charge is 0.348 e. The van der Waals surface area contributed by atoms with Gasteiger partial charge in [0.25, 0.3) is 5.91 Å². The third-order valence-electron chi connectivity index (χ3n) is 8.57. The molecule has 1 heterocycles. The van der Waals surface area contributed by atoms with Crippen molar-refractivity contribution >= 4 is 22.6 Å². The Hall–Kier alpha value is -4.01. The van der Waals surface area contributed by atoms with Gasteiger partial charge in [0, 0.05) is 30.5 Å². The lowest BCUT2D eigenvalue weighted by molar-refractivity contribution is -0.123. The zero-order chi connectivity index (χ0) is 32.0. The van der Waals surface area contributed by atoms with Crippen LogP contribution in [0.3, 0.4) is 0 Å². The van der Waals surface area contributed by atoms with Crippen LogP contribution in [0.1, 0.15) is 93.2 Å². The van der Waals surface area contributed by atoms with Gasteiger partial charge in [-0.2, -0.15) is 0 Å². The van der Waals surface area contributed by atoms with Crippen molar-refractivity contribution in [2.75, 3.05) is 13.1 Å². The van der Waals surface area contributed by atoms with Gasteiger partial charge in [-0.25, -0.2) is 4.98 Å². The van der Waals surface area contributed by atoms with Crippen LogP contribution in [0.5, 0.6) is 0 Å². The third kappa shape index (κ3) is 9.74. The van der Waals surface area contributed by atoms with E-state index in [0.29, 0.717) is 31.1 Å². The first-order chi connectivity index (χ1) is 21.9. The van der Waals surface area contributed by atoms with Crippen molar-refractivity contribution in [1.29, 1.82) is 0 Å². The molecular weight excluding hydrogens is 560 g/mol. The molecular formula is C37H50N6O2. The number of fused-ring (bicyclic) bond motifs is 1. The van der Waals surface area contributed by atoms with Crippen molar-refractivity contribution in [1.82, 2.24) is 30.8 Å². The number of nitrogens with one attached hydrogen (secondary N) is 4. The number of benzene rings is 3. The van der Waals surface area contributed by atoms with Crippen LogP contribution in [0.2, 0.25) is 0 Å². The van der Waals surface area contributed by atoms with Crippen molar-refractivity contribution in [2.24, 2.45) is 0 Å². The number of aromatic nitrogens is 2. The first-order valence-corrected chi connectivity index (χ1v) is 16.5. The predicted molar refractivity (Wildman–Crippen MR) is 183 cm³/mol. The zero-order valence-electron chi connectivity index (χ0n) is 27.3. The molecule has 1 unspecified atom stereocenters. The molecule has 8 heteroatoms. The van der Waals surface area contributed by atoms with Crippen molar-refractivity contribution in [2.45, 2.75) is 91.0 Å². The highest BCUT2D eigenvalue weighted by molar-refractivity contribution is 5.97. The van der Waals surface area contributed by atoms with Gasteiger partial charge in [-0.1, -0.05) is 75.4 Å². The lowest BCUT2D eigenvalue weighted by Gasteiger charge is -2.31. The van der Waals surface area contributed by atoms with Crippen LogP contribution in [0, 0.1) is 0 Å². The summed E-state index contributed by atoms with van der Waals surface area (Å²) in [6.45, 7) is 11.9. The summed E-state index contributed by atoms with van der Waals surface area (Å²) in [7, 11) is 0. The van der Waals surface area contributed by atoms with Crippen molar-refractivity contribution < 1.29 is 9.59 Å². The Morgan fingerprint density at radius 1 is 0.889 bits per heavy atom. The number of hydrogen-bond acceptors (Lipinski definition) is 5. The fourth-order valence-electron chi connectivity index (χ4n) is 6.09. The van der Waals surface area contributed by atoms with Gasteiger partial charge in [0.2, 0.25) is 5.91 Å². The quantitative estimate of drug-likeness (QED) is 0.103. The maximum Gasteiger partial charge on any atom is 0.251 e. The maximum absolute atomic E-state index is 13.8. The Morgan fingerprint density at radius 2 is 1.64 bits per heavy atom. The molecule has 0 aliphatic heterocycles. The van der Waals surface area contributed by atoms with Crippen molar-refractivity contribution in [3.8, 4) is 0 Å². The minimum atomic E-state index is -0.644. The lowest BCUT2D eigenvalue weighted by Crippen LogP contribution is -2.48. The van der Waals surface area contributed by atoms with Gasteiger partial charge < -0.3 is 25.8 Å². The summed E-state index contributed by atoms with van der Waals surface area (Å²) >= 11 is 0. The second-order valence-electron chi connectivity index (χ2n) is 11.8. The molecule has 0 aliphatic carbocycles. The minimum Gasteiger partial charge on any atom is -0.348 e. The van der Waals surface area contributed by atoms with E-state index >= 15 is 0 Å². The Bertz CT molecular complexity index is 1460. The molecule has 1 aromatic heterocycles. The van der Waals surface area contributed by atoms with Gasteiger partial charge in [0.15, 0.2) is 0 Å².